The molecule has 1 saturated carbocycles. The standard InChI is InChI=1S/C14H16N2O3/c1-2-3-8-19-14-7-4-11(9-13(14)16(17)18)10-15-12-5-6-12/h1,4,7,9,12,15H,3,5-6,8,10H2. The summed E-state index contributed by atoms with van der Waals surface area (Å²) in [5.74, 6) is 2.71. The van der Waals surface area contributed by atoms with Crippen LogP contribution < -0.4 is 10.1 Å². The zero-order valence-corrected chi connectivity index (χ0v) is 10.6. The molecule has 0 aliphatic heterocycles. The van der Waals surface area contributed by atoms with Crippen molar-refractivity contribution in [3.63, 3.8) is 0 Å². The second kappa shape index (κ2) is 6.21. The minimum Gasteiger partial charge on any atom is -0.486 e. The summed E-state index contributed by atoms with van der Waals surface area (Å²) in [7, 11) is 0. The molecule has 0 saturated heterocycles. The summed E-state index contributed by atoms with van der Waals surface area (Å²) in [6.45, 7) is 0.938. The van der Waals surface area contributed by atoms with Crippen molar-refractivity contribution in [1.82, 2.24) is 5.32 Å². The fraction of sp³-hybridized carbons (Fsp3) is 0.429. The summed E-state index contributed by atoms with van der Waals surface area (Å²) < 4.78 is 5.33. The predicted molar refractivity (Wildman–Crippen MR) is 71.9 cm³/mol. The first-order valence-corrected chi connectivity index (χ1v) is 6.27. The number of hydrogen-bond acceptors (Lipinski definition) is 4. The van der Waals surface area contributed by atoms with Gasteiger partial charge >= 0.3 is 5.69 Å². The van der Waals surface area contributed by atoms with E-state index in [1.807, 2.05) is 6.07 Å². The molecule has 1 N–H and O–H groups in total. The van der Waals surface area contributed by atoms with E-state index in [1.165, 1.54) is 12.8 Å². The maximum atomic E-state index is 11.0. The van der Waals surface area contributed by atoms with Gasteiger partial charge in [-0.2, -0.15) is 0 Å². The number of rotatable bonds is 7. The van der Waals surface area contributed by atoms with Gasteiger partial charge in [-0.1, -0.05) is 6.07 Å². The Morgan fingerprint density at radius 1 is 1.53 bits per heavy atom. The highest BCUT2D eigenvalue weighted by molar-refractivity contribution is 5.48. The number of ether oxygens (including phenoxy) is 1. The van der Waals surface area contributed by atoms with Gasteiger partial charge < -0.3 is 10.1 Å². The van der Waals surface area contributed by atoms with Crippen LogP contribution in [0.15, 0.2) is 18.2 Å². The molecule has 19 heavy (non-hydrogen) atoms. The fourth-order valence-corrected chi connectivity index (χ4v) is 1.71. The number of nitrogens with zero attached hydrogens (tertiary/aromatic N) is 1. The smallest absolute Gasteiger partial charge is 0.311 e. The van der Waals surface area contributed by atoms with Crippen LogP contribution in [0.5, 0.6) is 5.75 Å². The molecule has 1 aromatic rings. The molecule has 0 atom stereocenters. The largest absolute Gasteiger partial charge is 0.486 e. The van der Waals surface area contributed by atoms with Crippen molar-refractivity contribution >= 4 is 5.69 Å². The minimum absolute atomic E-state index is 0.00730. The van der Waals surface area contributed by atoms with E-state index in [0.717, 1.165) is 5.56 Å². The molecule has 0 unspecified atom stereocenters. The number of hydrogen-bond donors (Lipinski definition) is 1. The molecule has 0 heterocycles. The van der Waals surface area contributed by atoms with Crippen LogP contribution in [0.2, 0.25) is 0 Å². The molecule has 1 aromatic carbocycles. The van der Waals surface area contributed by atoms with Gasteiger partial charge in [-0.15, -0.1) is 12.3 Å². The Balaban J connectivity index is 2.05. The van der Waals surface area contributed by atoms with Gasteiger partial charge in [0.2, 0.25) is 0 Å². The van der Waals surface area contributed by atoms with E-state index in [4.69, 9.17) is 11.2 Å². The number of nitro benzene ring substituents is 1. The second-order valence-corrected chi connectivity index (χ2v) is 4.52. The lowest BCUT2D eigenvalue weighted by molar-refractivity contribution is -0.385. The van der Waals surface area contributed by atoms with Crippen molar-refractivity contribution < 1.29 is 9.66 Å². The molecule has 1 fully saturated rings. The SMILES string of the molecule is C#CCCOc1ccc(CNC2CC2)cc1[N+](=O)[O-]. The summed E-state index contributed by atoms with van der Waals surface area (Å²) in [6.07, 6.45) is 7.93. The molecular formula is C14H16N2O3. The quantitative estimate of drug-likeness (QED) is 0.353. The van der Waals surface area contributed by atoms with Crippen molar-refractivity contribution in [2.75, 3.05) is 6.61 Å². The first-order valence-electron chi connectivity index (χ1n) is 6.27. The molecule has 0 amide bonds. The average Bonchev–Trinajstić information content (AvgIpc) is 3.21. The summed E-state index contributed by atoms with van der Waals surface area (Å²) in [6, 6.07) is 5.61. The van der Waals surface area contributed by atoms with E-state index in [-0.39, 0.29) is 18.0 Å². The van der Waals surface area contributed by atoms with E-state index >= 15 is 0 Å². The van der Waals surface area contributed by atoms with Crippen LogP contribution in [-0.2, 0) is 6.54 Å². The van der Waals surface area contributed by atoms with Gasteiger partial charge in [0.25, 0.3) is 0 Å². The third-order valence-corrected chi connectivity index (χ3v) is 2.90. The first-order chi connectivity index (χ1) is 9.20. The number of terminal acetylenes is 1. The monoisotopic (exact) mass is 260 g/mol. The number of benzene rings is 1. The van der Waals surface area contributed by atoms with E-state index < -0.39 is 4.92 Å². The Labute approximate surface area is 112 Å². The maximum absolute atomic E-state index is 11.0. The van der Waals surface area contributed by atoms with Gasteiger partial charge in [-0.05, 0) is 24.5 Å². The highest BCUT2D eigenvalue weighted by Gasteiger charge is 2.21. The van der Waals surface area contributed by atoms with Crippen molar-refractivity contribution in [2.45, 2.75) is 31.8 Å². The molecule has 1 aliphatic rings. The van der Waals surface area contributed by atoms with Crippen molar-refractivity contribution in [2.24, 2.45) is 0 Å². The molecule has 100 valence electrons. The van der Waals surface area contributed by atoms with Crippen molar-refractivity contribution in [1.29, 1.82) is 0 Å². The summed E-state index contributed by atoms with van der Waals surface area (Å²) in [5, 5.41) is 14.3. The van der Waals surface area contributed by atoms with Gasteiger partial charge in [0, 0.05) is 25.1 Å². The van der Waals surface area contributed by atoms with Crippen LogP contribution in [0.1, 0.15) is 24.8 Å². The zero-order chi connectivity index (χ0) is 13.7. The molecule has 0 spiro atoms. The highest BCUT2D eigenvalue weighted by atomic mass is 16.6. The van der Waals surface area contributed by atoms with Crippen LogP contribution in [0.4, 0.5) is 5.69 Å². The van der Waals surface area contributed by atoms with Gasteiger partial charge in [0.15, 0.2) is 5.75 Å². The number of nitrogens with one attached hydrogen (secondary N) is 1. The molecule has 5 nitrogen and oxygen atoms in total. The Morgan fingerprint density at radius 2 is 2.32 bits per heavy atom. The van der Waals surface area contributed by atoms with E-state index in [0.29, 0.717) is 19.0 Å². The molecular weight excluding hydrogens is 244 g/mol. The van der Waals surface area contributed by atoms with Crippen LogP contribution in [0.3, 0.4) is 0 Å². The third kappa shape index (κ3) is 3.97. The van der Waals surface area contributed by atoms with Crippen LogP contribution in [-0.4, -0.2) is 17.6 Å². The lowest BCUT2D eigenvalue weighted by Gasteiger charge is -2.07. The van der Waals surface area contributed by atoms with E-state index in [9.17, 15) is 10.1 Å². The Hall–Kier alpha value is -2.06. The van der Waals surface area contributed by atoms with Gasteiger partial charge in [-0.3, -0.25) is 10.1 Å². The Bertz CT molecular complexity index is 504. The van der Waals surface area contributed by atoms with Gasteiger partial charge in [0.1, 0.15) is 0 Å². The van der Waals surface area contributed by atoms with Crippen LogP contribution in [0, 0.1) is 22.5 Å². The normalized spacial score (nSPS) is 13.8. The minimum atomic E-state index is -0.425. The van der Waals surface area contributed by atoms with E-state index in [2.05, 4.69) is 11.2 Å². The molecule has 1 aliphatic carbocycles. The molecule has 0 bridgehead atoms. The second-order valence-electron chi connectivity index (χ2n) is 4.52. The fourth-order valence-electron chi connectivity index (χ4n) is 1.71. The first kappa shape index (κ1) is 13.4. The maximum Gasteiger partial charge on any atom is 0.311 e. The lowest BCUT2D eigenvalue weighted by Crippen LogP contribution is -2.15. The molecule has 2 rings (SSSR count). The summed E-state index contributed by atoms with van der Waals surface area (Å²) in [4.78, 5) is 10.6. The third-order valence-electron chi connectivity index (χ3n) is 2.90. The topological polar surface area (TPSA) is 64.4 Å². The van der Waals surface area contributed by atoms with E-state index in [1.54, 1.807) is 12.1 Å². The van der Waals surface area contributed by atoms with Crippen molar-refractivity contribution in [3.05, 3.63) is 33.9 Å². The predicted octanol–water partition coefficient (Wildman–Crippen LogP) is 2.25. The molecule has 0 radical (unpaired) electrons. The Morgan fingerprint density at radius 3 is 2.95 bits per heavy atom. The average molecular weight is 260 g/mol. The highest BCUT2D eigenvalue weighted by Crippen LogP contribution is 2.28. The van der Waals surface area contributed by atoms with Gasteiger partial charge in [-0.25, -0.2) is 0 Å². The number of nitro groups is 1. The van der Waals surface area contributed by atoms with Crippen molar-refractivity contribution in [3.8, 4) is 18.1 Å². The lowest BCUT2D eigenvalue weighted by atomic mass is 10.2. The van der Waals surface area contributed by atoms with Crippen LogP contribution in [0.25, 0.3) is 0 Å². The van der Waals surface area contributed by atoms with Gasteiger partial charge in [0.05, 0.1) is 11.5 Å². The molecule has 0 aromatic heterocycles. The zero-order valence-electron chi connectivity index (χ0n) is 10.6. The van der Waals surface area contributed by atoms with Crippen LogP contribution >= 0.6 is 0 Å². The summed E-state index contributed by atoms with van der Waals surface area (Å²) >= 11 is 0. The molecule has 5 heteroatoms. The Kier molecular flexibility index (Phi) is 4.37. The summed E-state index contributed by atoms with van der Waals surface area (Å²) in [5.41, 5.74) is 0.884.